The molecule has 0 aromatic carbocycles. The van der Waals surface area contributed by atoms with Crippen molar-refractivity contribution in [3.05, 3.63) is 0 Å². The number of carboxylic acid groups (broad SMARTS) is 1. The second-order valence-corrected chi connectivity index (χ2v) is 11.1. The minimum atomic E-state index is -3.55. The van der Waals surface area contributed by atoms with Crippen molar-refractivity contribution < 1.29 is 32.6 Å². The Morgan fingerprint density at radius 2 is 1.96 bits per heavy atom. The summed E-state index contributed by atoms with van der Waals surface area (Å²) in [5.41, 5.74) is -2.60. The first kappa shape index (κ1) is 21.8. The number of amides is 2. The lowest BCUT2D eigenvalue weighted by molar-refractivity contribution is -0.147. The number of sulfone groups is 1. The number of alkyl carbamates (subject to hydrolysis) is 1. The number of thioether (sulfide) groups is 1. The average molecular weight is 423 g/mol. The van der Waals surface area contributed by atoms with Crippen LogP contribution in [0.3, 0.4) is 0 Å². The van der Waals surface area contributed by atoms with Crippen molar-refractivity contribution in [3.8, 4) is 0 Å². The molecule has 154 valence electrons. The Hall–Kier alpha value is -1.49. The zero-order valence-electron chi connectivity index (χ0n) is 15.8. The van der Waals surface area contributed by atoms with E-state index in [9.17, 15) is 27.9 Å². The van der Waals surface area contributed by atoms with Crippen molar-refractivity contribution in [2.45, 2.75) is 56.0 Å². The largest absolute Gasteiger partial charge is 0.479 e. The van der Waals surface area contributed by atoms with Crippen molar-refractivity contribution in [3.63, 3.8) is 0 Å². The van der Waals surface area contributed by atoms with Gasteiger partial charge in [-0.15, -0.1) is 0 Å². The molecule has 1 saturated heterocycles. The van der Waals surface area contributed by atoms with Crippen molar-refractivity contribution in [2.75, 3.05) is 17.8 Å². The molecule has 4 atom stereocenters. The van der Waals surface area contributed by atoms with E-state index >= 15 is 0 Å². The molecular formula is C16H26N2O7S2. The Morgan fingerprint density at radius 1 is 1.33 bits per heavy atom. The summed E-state index contributed by atoms with van der Waals surface area (Å²) >= 11 is 1.46. The Balaban J connectivity index is 2.15. The summed E-state index contributed by atoms with van der Waals surface area (Å²) in [6, 6.07) is -1.02. The SMILES string of the molecule is CSCC[C@@H](NC(=O)OC(C)(C)C)C(=O)N[C@@]1(C(=O)O)CS(=O)(=O)[C@H]2C[C@H]21. The number of fused-ring (bicyclic) bond motifs is 1. The highest BCUT2D eigenvalue weighted by atomic mass is 32.2. The number of carbonyl (C=O) groups is 3. The van der Waals surface area contributed by atoms with E-state index in [-0.39, 0.29) is 12.8 Å². The number of ether oxygens (including phenoxy) is 1. The van der Waals surface area contributed by atoms with Gasteiger partial charge in [-0.1, -0.05) is 0 Å². The summed E-state index contributed by atoms with van der Waals surface area (Å²) in [6.07, 6.45) is 1.52. The van der Waals surface area contributed by atoms with E-state index in [0.717, 1.165) is 0 Å². The molecule has 27 heavy (non-hydrogen) atoms. The van der Waals surface area contributed by atoms with Gasteiger partial charge in [-0.05, 0) is 45.6 Å². The number of rotatable bonds is 7. The van der Waals surface area contributed by atoms with Crippen LogP contribution in [0.5, 0.6) is 0 Å². The van der Waals surface area contributed by atoms with Gasteiger partial charge in [-0.3, -0.25) is 4.79 Å². The van der Waals surface area contributed by atoms with Crippen LogP contribution in [-0.4, -0.2) is 71.7 Å². The lowest BCUT2D eigenvalue weighted by Gasteiger charge is -2.29. The molecule has 11 heteroatoms. The van der Waals surface area contributed by atoms with Gasteiger partial charge < -0.3 is 20.5 Å². The summed E-state index contributed by atoms with van der Waals surface area (Å²) < 4.78 is 29.3. The summed E-state index contributed by atoms with van der Waals surface area (Å²) in [7, 11) is -3.55. The minimum absolute atomic E-state index is 0.226. The van der Waals surface area contributed by atoms with Gasteiger partial charge >= 0.3 is 12.1 Å². The molecule has 0 spiro atoms. The van der Waals surface area contributed by atoms with Crippen LogP contribution in [0.4, 0.5) is 4.79 Å². The zero-order chi connectivity index (χ0) is 20.6. The molecule has 0 radical (unpaired) electrons. The lowest BCUT2D eigenvalue weighted by Crippen LogP contribution is -2.62. The Bertz CT molecular complexity index is 732. The zero-order valence-corrected chi connectivity index (χ0v) is 17.4. The van der Waals surface area contributed by atoms with Gasteiger partial charge in [-0.2, -0.15) is 11.8 Å². The number of nitrogens with one attached hydrogen (secondary N) is 2. The molecule has 1 saturated carbocycles. The topological polar surface area (TPSA) is 139 Å². The first-order chi connectivity index (χ1) is 12.3. The number of carboxylic acids is 1. The van der Waals surface area contributed by atoms with Crippen LogP contribution in [0, 0.1) is 5.92 Å². The maximum Gasteiger partial charge on any atom is 0.408 e. The highest BCUT2D eigenvalue weighted by Crippen LogP contribution is 2.52. The third kappa shape index (κ3) is 4.87. The Morgan fingerprint density at radius 3 is 2.37 bits per heavy atom. The summed E-state index contributed by atoms with van der Waals surface area (Å²) in [6.45, 7) is 5.04. The molecule has 9 nitrogen and oxygen atoms in total. The normalized spacial score (nSPS) is 29.3. The molecule has 0 aromatic rings. The lowest BCUT2D eigenvalue weighted by atomic mass is 9.95. The molecule has 2 aliphatic rings. The van der Waals surface area contributed by atoms with Gasteiger partial charge in [0.1, 0.15) is 11.6 Å². The second kappa shape index (κ2) is 7.50. The van der Waals surface area contributed by atoms with Gasteiger partial charge in [0.15, 0.2) is 15.4 Å². The number of carbonyl (C=O) groups excluding carboxylic acids is 2. The van der Waals surface area contributed by atoms with Gasteiger partial charge in [0.2, 0.25) is 5.91 Å². The third-order valence-corrected chi connectivity index (χ3v) is 7.55. The molecule has 2 amide bonds. The van der Waals surface area contributed by atoms with Crippen LogP contribution in [0.25, 0.3) is 0 Å². The Kier molecular flexibility index (Phi) is 6.05. The van der Waals surface area contributed by atoms with Crippen LogP contribution < -0.4 is 10.6 Å². The fourth-order valence-electron chi connectivity index (χ4n) is 3.28. The molecule has 0 bridgehead atoms. The van der Waals surface area contributed by atoms with Crippen molar-refractivity contribution in [1.29, 1.82) is 0 Å². The standard InChI is InChI=1S/C16H26N2O7S2/c1-15(2,3)25-14(22)17-10(5-6-26-4)12(19)18-16(13(20)21)8-27(23,24)11-7-9(11)16/h9-11H,5-8H2,1-4H3,(H,17,22)(H,18,19)(H,20,21)/t9-,10-,11+,16+/m1/s1. The van der Waals surface area contributed by atoms with Crippen LogP contribution in [-0.2, 0) is 24.2 Å². The molecule has 2 fully saturated rings. The van der Waals surface area contributed by atoms with Gasteiger partial charge in [0.05, 0.1) is 11.0 Å². The number of hydrogen-bond acceptors (Lipinski definition) is 7. The first-order valence-electron chi connectivity index (χ1n) is 8.58. The molecule has 1 heterocycles. The van der Waals surface area contributed by atoms with E-state index in [0.29, 0.717) is 5.75 Å². The first-order valence-corrected chi connectivity index (χ1v) is 11.7. The quantitative estimate of drug-likeness (QED) is 0.535. The maximum atomic E-state index is 12.7. The molecule has 2 rings (SSSR count). The molecular weight excluding hydrogens is 396 g/mol. The van der Waals surface area contributed by atoms with Crippen molar-refractivity contribution >= 4 is 39.6 Å². The fraction of sp³-hybridized carbons (Fsp3) is 0.812. The van der Waals surface area contributed by atoms with E-state index in [1.54, 1.807) is 20.8 Å². The number of hydrogen-bond donors (Lipinski definition) is 3. The van der Waals surface area contributed by atoms with Crippen molar-refractivity contribution in [2.24, 2.45) is 5.92 Å². The number of aliphatic carboxylic acids is 1. The van der Waals surface area contributed by atoms with E-state index in [1.165, 1.54) is 11.8 Å². The molecule has 1 aliphatic heterocycles. The molecule has 3 N–H and O–H groups in total. The van der Waals surface area contributed by atoms with E-state index < -0.39 is 61.9 Å². The smallest absolute Gasteiger partial charge is 0.408 e. The summed E-state index contributed by atoms with van der Waals surface area (Å²) in [5, 5.41) is 13.8. The molecule has 0 aromatic heterocycles. The predicted octanol–water partition coefficient (Wildman–Crippen LogP) is 0.389. The Labute approximate surface area is 162 Å². The van der Waals surface area contributed by atoms with E-state index in [4.69, 9.17) is 4.74 Å². The average Bonchev–Trinajstić information content (AvgIpc) is 3.26. The highest BCUT2D eigenvalue weighted by Gasteiger charge is 2.70. The molecule has 1 aliphatic carbocycles. The minimum Gasteiger partial charge on any atom is -0.479 e. The van der Waals surface area contributed by atoms with Gasteiger partial charge in [0, 0.05) is 5.92 Å². The fourth-order valence-corrected chi connectivity index (χ4v) is 6.25. The highest BCUT2D eigenvalue weighted by molar-refractivity contribution is 7.98. The predicted molar refractivity (Wildman–Crippen MR) is 100 cm³/mol. The van der Waals surface area contributed by atoms with Gasteiger partial charge in [0.25, 0.3) is 0 Å². The van der Waals surface area contributed by atoms with Crippen LogP contribution in [0.15, 0.2) is 0 Å². The molecule has 0 unspecified atom stereocenters. The van der Waals surface area contributed by atoms with Crippen LogP contribution >= 0.6 is 11.8 Å². The van der Waals surface area contributed by atoms with E-state index in [2.05, 4.69) is 10.6 Å². The maximum absolute atomic E-state index is 12.7. The van der Waals surface area contributed by atoms with Crippen molar-refractivity contribution in [1.82, 2.24) is 10.6 Å². The monoisotopic (exact) mass is 422 g/mol. The van der Waals surface area contributed by atoms with Crippen LogP contribution in [0.1, 0.15) is 33.6 Å². The van der Waals surface area contributed by atoms with Gasteiger partial charge in [-0.25, -0.2) is 18.0 Å². The summed E-state index contributed by atoms with van der Waals surface area (Å²) in [4.78, 5) is 36.6. The van der Waals surface area contributed by atoms with Crippen LogP contribution in [0.2, 0.25) is 0 Å². The second-order valence-electron chi connectivity index (χ2n) is 7.93. The van der Waals surface area contributed by atoms with E-state index in [1.807, 2.05) is 6.26 Å². The summed E-state index contributed by atoms with van der Waals surface area (Å²) in [5.74, 6) is -2.81. The third-order valence-electron chi connectivity index (χ3n) is 4.60.